The molecule has 0 radical (unpaired) electrons. The van der Waals surface area contributed by atoms with Gasteiger partial charge in [0, 0.05) is 12.7 Å². The number of hydrogen-bond donors (Lipinski definition) is 1. The molecule has 0 unspecified atom stereocenters. The Hall–Kier alpha value is -1.94. The van der Waals surface area contributed by atoms with E-state index < -0.39 is 0 Å². The third-order valence-electron chi connectivity index (χ3n) is 4.20. The molecule has 21 heavy (non-hydrogen) atoms. The summed E-state index contributed by atoms with van der Waals surface area (Å²) in [5, 5.41) is 7.61. The number of nitrogens with zero attached hydrogens (tertiary/aromatic N) is 2. The van der Waals surface area contributed by atoms with Crippen LogP contribution in [0.2, 0.25) is 0 Å². The second-order valence-electron chi connectivity index (χ2n) is 5.62. The van der Waals surface area contributed by atoms with Gasteiger partial charge in [0.05, 0.1) is 5.56 Å². The molecule has 0 aliphatic carbocycles. The molecular weight excluding hydrogens is 262 g/mol. The summed E-state index contributed by atoms with van der Waals surface area (Å²) >= 11 is 0. The van der Waals surface area contributed by atoms with Crippen LogP contribution in [-0.2, 0) is 6.54 Å². The zero-order chi connectivity index (χ0) is 14.5. The monoisotopic (exact) mass is 283 g/mol. The number of nitrogens with one attached hydrogen (secondary N) is 1. The van der Waals surface area contributed by atoms with E-state index in [1.807, 2.05) is 30.3 Å². The number of rotatable bonds is 4. The predicted molar refractivity (Wildman–Crippen MR) is 84.1 cm³/mol. The van der Waals surface area contributed by atoms with Crippen molar-refractivity contribution in [1.29, 1.82) is 0 Å². The quantitative estimate of drug-likeness (QED) is 0.936. The Morgan fingerprint density at radius 3 is 2.67 bits per heavy atom. The summed E-state index contributed by atoms with van der Waals surface area (Å²) in [6, 6.07) is 11.6. The lowest BCUT2D eigenvalue weighted by atomic mass is 9.95. The topological polar surface area (TPSA) is 46.9 Å². The summed E-state index contributed by atoms with van der Waals surface area (Å²) in [4.78, 5) is 12.5. The van der Waals surface area contributed by atoms with E-state index in [4.69, 9.17) is 0 Å². The van der Waals surface area contributed by atoms with Crippen LogP contribution in [0.4, 0.5) is 0 Å². The summed E-state index contributed by atoms with van der Waals surface area (Å²) in [6.07, 6.45) is 5.17. The molecule has 1 N–H and O–H groups in total. The molecule has 1 aliphatic heterocycles. The summed E-state index contributed by atoms with van der Waals surface area (Å²) < 4.78 is 1.62. The number of aryl methyl sites for hydroxylation is 1. The van der Waals surface area contributed by atoms with Crippen LogP contribution in [0.5, 0.6) is 0 Å². The Kier molecular flexibility index (Phi) is 4.46. The first kappa shape index (κ1) is 14.0. The van der Waals surface area contributed by atoms with E-state index in [1.165, 1.54) is 12.8 Å². The Morgan fingerprint density at radius 1 is 1.14 bits per heavy atom. The van der Waals surface area contributed by atoms with E-state index in [-0.39, 0.29) is 5.56 Å². The first-order valence-electron chi connectivity index (χ1n) is 7.67. The highest BCUT2D eigenvalue weighted by Gasteiger charge is 2.14. The maximum Gasteiger partial charge on any atom is 0.274 e. The molecule has 1 aromatic heterocycles. The first-order valence-corrected chi connectivity index (χ1v) is 7.67. The van der Waals surface area contributed by atoms with Gasteiger partial charge in [-0.1, -0.05) is 30.3 Å². The lowest BCUT2D eigenvalue weighted by molar-refractivity contribution is 0.329. The van der Waals surface area contributed by atoms with E-state index in [2.05, 4.69) is 10.4 Å². The van der Waals surface area contributed by atoms with E-state index >= 15 is 0 Å². The van der Waals surface area contributed by atoms with Gasteiger partial charge in [-0.3, -0.25) is 4.79 Å². The molecule has 1 fully saturated rings. The standard InChI is InChI=1S/C17H21N3O/c21-17-16(15-4-2-1-3-5-15)8-12-19-20(17)13-9-14-6-10-18-11-7-14/h1-5,8,12,14,18H,6-7,9-11,13H2. The SMILES string of the molecule is O=c1c(-c2ccccc2)ccnn1CCC1CCNCC1. The summed E-state index contributed by atoms with van der Waals surface area (Å²) in [6.45, 7) is 2.90. The van der Waals surface area contributed by atoms with Gasteiger partial charge in [0.2, 0.25) is 0 Å². The molecule has 0 amide bonds. The smallest absolute Gasteiger partial charge is 0.274 e. The van der Waals surface area contributed by atoms with Crippen molar-refractivity contribution in [2.45, 2.75) is 25.8 Å². The average molecular weight is 283 g/mol. The molecule has 0 saturated carbocycles. The molecule has 0 spiro atoms. The van der Waals surface area contributed by atoms with E-state index in [0.29, 0.717) is 12.5 Å². The Balaban J connectivity index is 1.76. The third kappa shape index (κ3) is 3.39. The van der Waals surface area contributed by atoms with Crippen molar-refractivity contribution in [3.8, 4) is 11.1 Å². The van der Waals surface area contributed by atoms with Crippen molar-refractivity contribution in [2.24, 2.45) is 5.92 Å². The lowest BCUT2D eigenvalue weighted by Crippen LogP contribution is -2.30. The van der Waals surface area contributed by atoms with Gasteiger partial charge in [-0.25, -0.2) is 4.68 Å². The Labute approximate surface area is 124 Å². The number of hydrogen-bond acceptors (Lipinski definition) is 3. The molecule has 1 aromatic carbocycles. The summed E-state index contributed by atoms with van der Waals surface area (Å²) in [5.74, 6) is 0.709. The van der Waals surface area contributed by atoms with E-state index in [0.717, 1.165) is 30.6 Å². The summed E-state index contributed by atoms with van der Waals surface area (Å²) in [5.41, 5.74) is 1.70. The number of aromatic nitrogens is 2. The predicted octanol–water partition coefficient (Wildman–Crippen LogP) is 2.30. The number of piperidine rings is 1. The minimum atomic E-state index is 0.0117. The van der Waals surface area contributed by atoms with Gasteiger partial charge in [0.15, 0.2) is 0 Å². The highest BCUT2D eigenvalue weighted by Crippen LogP contribution is 2.17. The van der Waals surface area contributed by atoms with E-state index in [9.17, 15) is 4.79 Å². The fourth-order valence-electron chi connectivity index (χ4n) is 2.92. The van der Waals surface area contributed by atoms with Gasteiger partial charge in [-0.15, -0.1) is 0 Å². The van der Waals surface area contributed by atoms with Crippen LogP contribution < -0.4 is 10.9 Å². The van der Waals surface area contributed by atoms with Gasteiger partial charge < -0.3 is 5.32 Å². The van der Waals surface area contributed by atoms with Crippen LogP contribution in [0.25, 0.3) is 11.1 Å². The van der Waals surface area contributed by atoms with Gasteiger partial charge >= 0.3 is 0 Å². The highest BCUT2D eigenvalue weighted by molar-refractivity contribution is 5.61. The van der Waals surface area contributed by atoms with Crippen LogP contribution >= 0.6 is 0 Å². The molecular formula is C17H21N3O. The molecule has 2 heterocycles. The second-order valence-corrected chi connectivity index (χ2v) is 5.62. The molecule has 3 rings (SSSR count). The van der Waals surface area contributed by atoms with Crippen molar-refractivity contribution in [2.75, 3.05) is 13.1 Å². The molecule has 1 saturated heterocycles. The maximum atomic E-state index is 12.5. The van der Waals surface area contributed by atoms with Gasteiger partial charge in [0.25, 0.3) is 5.56 Å². The van der Waals surface area contributed by atoms with Crippen LogP contribution in [0.15, 0.2) is 47.4 Å². The molecule has 4 nitrogen and oxygen atoms in total. The minimum absolute atomic E-state index is 0.0117. The molecule has 1 aliphatic rings. The third-order valence-corrected chi connectivity index (χ3v) is 4.20. The highest BCUT2D eigenvalue weighted by atomic mass is 16.1. The fraction of sp³-hybridized carbons (Fsp3) is 0.412. The fourth-order valence-corrected chi connectivity index (χ4v) is 2.92. The van der Waals surface area contributed by atoms with Crippen LogP contribution in [0.3, 0.4) is 0 Å². The van der Waals surface area contributed by atoms with Crippen LogP contribution in [0, 0.1) is 5.92 Å². The van der Waals surface area contributed by atoms with Crippen molar-refractivity contribution >= 4 is 0 Å². The van der Waals surface area contributed by atoms with Gasteiger partial charge in [0.1, 0.15) is 0 Å². The second kappa shape index (κ2) is 6.68. The van der Waals surface area contributed by atoms with Crippen LogP contribution in [0.1, 0.15) is 19.3 Å². The largest absolute Gasteiger partial charge is 0.317 e. The zero-order valence-electron chi connectivity index (χ0n) is 12.2. The average Bonchev–Trinajstić information content (AvgIpc) is 2.56. The van der Waals surface area contributed by atoms with Crippen molar-refractivity contribution < 1.29 is 0 Å². The number of benzene rings is 1. The maximum absolute atomic E-state index is 12.5. The molecule has 110 valence electrons. The molecule has 2 aromatic rings. The molecule has 0 atom stereocenters. The minimum Gasteiger partial charge on any atom is -0.317 e. The molecule has 0 bridgehead atoms. The van der Waals surface area contributed by atoms with Crippen molar-refractivity contribution in [1.82, 2.24) is 15.1 Å². The first-order chi connectivity index (χ1) is 10.3. The summed E-state index contributed by atoms with van der Waals surface area (Å²) in [7, 11) is 0. The van der Waals surface area contributed by atoms with Crippen molar-refractivity contribution in [3.63, 3.8) is 0 Å². The Morgan fingerprint density at radius 2 is 1.90 bits per heavy atom. The lowest BCUT2D eigenvalue weighted by Gasteiger charge is -2.22. The van der Waals surface area contributed by atoms with Gasteiger partial charge in [-0.05, 0) is 49.9 Å². The molecule has 4 heteroatoms. The van der Waals surface area contributed by atoms with Gasteiger partial charge in [-0.2, -0.15) is 5.10 Å². The zero-order valence-corrected chi connectivity index (χ0v) is 12.2. The van der Waals surface area contributed by atoms with Crippen LogP contribution in [-0.4, -0.2) is 22.9 Å². The Bertz CT molecular complexity index is 630. The van der Waals surface area contributed by atoms with Crippen molar-refractivity contribution in [3.05, 3.63) is 52.9 Å². The normalized spacial score (nSPS) is 16.0. The van der Waals surface area contributed by atoms with E-state index in [1.54, 1.807) is 16.9 Å².